The fraction of sp³-hybridized carbons (Fsp3) is 0.611. The first-order valence-corrected chi connectivity index (χ1v) is 9.03. The topological polar surface area (TPSA) is 35.6 Å². The molecule has 126 valence electrons. The molecule has 0 radical (unpaired) electrons. The van der Waals surface area contributed by atoms with Crippen LogP contribution < -0.4 is 5.32 Å². The lowest BCUT2D eigenvalue weighted by Gasteiger charge is -2.39. The van der Waals surface area contributed by atoms with E-state index in [9.17, 15) is 4.79 Å². The van der Waals surface area contributed by atoms with E-state index in [2.05, 4.69) is 28.1 Å². The Balaban J connectivity index is 1.71. The summed E-state index contributed by atoms with van der Waals surface area (Å²) in [6, 6.07) is 8.51. The van der Waals surface area contributed by atoms with Crippen molar-refractivity contribution in [1.29, 1.82) is 0 Å². The lowest BCUT2D eigenvalue weighted by molar-refractivity contribution is -0.136. The minimum atomic E-state index is 0.168. The number of amides is 1. The van der Waals surface area contributed by atoms with Gasteiger partial charge in [0.2, 0.25) is 5.91 Å². The Bertz CT molecular complexity index is 551. The molecule has 0 saturated carbocycles. The van der Waals surface area contributed by atoms with Gasteiger partial charge in [-0.15, -0.1) is 0 Å². The van der Waals surface area contributed by atoms with E-state index in [1.54, 1.807) is 0 Å². The zero-order valence-corrected chi connectivity index (χ0v) is 14.6. The Hall–Kier alpha value is -1.10. The highest BCUT2D eigenvalue weighted by molar-refractivity contribution is 6.31. The fourth-order valence-corrected chi connectivity index (χ4v) is 3.98. The third kappa shape index (κ3) is 3.87. The molecule has 2 aliphatic rings. The number of carbonyl (C=O) groups is 1. The van der Waals surface area contributed by atoms with Crippen molar-refractivity contribution in [3.63, 3.8) is 0 Å². The Morgan fingerprint density at radius 2 is 2.13 bits per heavy atom. The summed E-state index contributed by atoms with van der Waals surface area (Å²) in [5.74, 6) is 0.260. The predicted molar refractivity (Wildman–Crippen MR) is 93.7 cm³/mol. The minimum absolute atomic E-state index is 0.168. The smallest absolute Gasteiger partial charge is 0.237 e. The molecule has 0 aromatic heterocycles. The van der Waals surface area contributed by atoms with Crippen LogP contribution in [0.25, 0.3) is 0 Å². The molecule has 2 fully saturated rings. The molecule has 2 atom stereocenters. The van der Waals surface area contributed by atoms with Crippen LogP contribution in [0.4, 0.5) is 0 Å². The molecule has 1 amide bonds. The number of benzene rings is 1. The normalized spacial score (nSPS) is 26.3. The number of likely N-dealkylation sites (tertiary alicyclic amines) is 1. The van der Waals surface area contributed by atoms with Crippen LogP contribution in [-0.4, -0.2) is 54.5 Å². The van der Waals surface area contributed by atoms with Gasteiger partial charge in [-0.25, -0.2) is 0 Å². The van der Waals surface area contributed by atoms with Gasteiger partial charge in [-0.1, -0.05) is 29.8 Å². The molecule has 2 heterocycles. The van der Waals surface area contributed by atoms with Crippen molar-refractivity contribution in [3.05, 3.63) is 34.9 Å². The molecule has 3 rings (SSSR count). The second kappa shape index (κ2) is 7.65. The SMILES string of the molecule is CC1CCCCN1C(=O)CN1CCNCC1c1ccccc1Cl. The van der Waals surface area contributed by atoms with E-state index in [0.717, 1.165) is 49.6 Å². The van der Waals surface area contributed by atoms with Crippen LogP contribution in [0.2, 0.25) is 5.02 Å². The number of halogens is 1. The van der Waals surface area contributed by atoms with Gasteiger partial charge in [-0.05, 0) is 37.8 Å². The summed E-state index contributed by atoms with van der Waals surface area (Å²) in [5, 5.41) is 4.21. The van der Waals surface area contributed by atoms with E-state index in [1.165, 1.54) is 6.42 Å². The van der Waals surface area contributed by atoms with Crippen molar-refractivity contribution in [1.82, 2.24) is 15.1 Å². The van der Waals surface area contributed by atoms with Gasteiger partial charge in [0.15, 0.2) is 0 Å². The number of hydrogen-bond acceptors (Lipinski definition) is 3. The number of hydrogen-bond donors (Lipinski definition) is 1. The zero-order chi connectivity index (χ0) is 16.2. The van der Waals surface area contributed by atoms with Gasteiger partial charge >= 0.3 is 0 Å². The molecule has 1 aromatic carbocycles. The highest BCUT2D eigenvalue weighted by Gasteiger charge is 2.30. The third-order valence-electron chi connectivity index (χ3n) is 5.08. The number of carbonyl (C=O) groups excluding carboxylic acids is 1. The van der Waals surface area contributed by atoms with Crippen LogP contribution in [-0.2, 0) is 4.79 Å². The molecule has 0 aliphatic carbocycles. The summed E-state index contributed by atoms with van der Waals surface area (Å²) in [6.07, 6.45) is 3.49. The van der Waals surface area contributed by atoms with Crippen LogP contribution in [0.3, 0.4) is 0 Å². The van der Waals surface area contributed by atoms with Gasteiger partial charge in [0.25, 0.3) is 0 Å². The first-order chi connectivity index (χ1) is 11.2. The van der Waals surface area contributed by atoms with E-state index < -0.39 is 0 Å². The molecular formula is C18H26ClN3O. The van der Waals surface area contributed by atoms with Crippen LogP contribution in [0.1, 0.15) is 37.8 Å². The number of rotatable bonds is 3. The average molecular weight is 336 g/mol. The molecule has 23 heavy (non-hydrogen) atoms. The number of nitrogens with one attached hydrogen (secondary N) is 1. The van der Waals surface area contributed by atoms with Crippen LogP contribution >= 0.6 is 11.6 Å². The van der Waals surface area contributed by atoms with Crippen molar-refractivity contribution in [2.75, 3.05) is 32.7 Å². The van der Waals surface area contributed by atoms with E-state index in [1.807, 2.05) is 18.2 Å². The van der Waals surface area contributed by atoms with E-state index in [-0.39, 0.29) is 11.9 Å². The zero-order valence-electron chi connectivity index (χ0n) is 13.8. The summed E-state index contributed by atoms with van der Waals surface area (Å²) >= 11 is 6.38. The number of piperidine rings is 1. The summed E-state index contributed by atoms with van der Waals surface area (Å²) in [4.78, 5) is 17.1. The Kier molecular flexibility index (Phi) is 5.57. The van der Waals surface area contributed by atoms with E-state index in [4.69, 9.17) is 11.6 Å². The maximum atomic E-state index is 12.8. The number of nitrogens with zero attached hydrogens (tertiary/aromatic N) is 2. The Morgan fingerprint density at radius 1 is 1.30 bits per heavy atom. The minimum Gasteiger partial charge on any atom is -0.339 e. The molecule has 1 aromatic rings. The number of piperazine rings is 1. The predicted octanol–water partition coefficient (Wildman–Crippen LogP) is 2.69. The molecule has 1 N–H and O–H groups in total. The largest absolute Gasteiger partial charge is 0.339 e. The average Bonchev–Trinajstić information content (AvgIpc) is 2.56. The van der Waals surface area contributed by atoms with E-state index in [0.29, 0.717) is 12.6 Å². The monoisotopic (exact) mass is 335 g/mol. The second-order valence-corrected chi connectivity index (χ2v) is 7.05. The lowest BCUT2D eigenvalue weighted by Crippen LogP contribution is -2.52. The molecule has 0 spiro atoms. The van der Waals surface area contributed by atoms with Gasteiger partial charge in [-0.2, -0.15) is 0 Å². The molecule has 0 bridgehead atoms. The molecule has 2 saturated heterocycles. The molecule has 4 nitrogen and oxygen atoms in total. The first-order valence-electron chi connectivity index (χ1n) is 8.65. The molecule has 2 unspecified atom stereocenters. The highest BCUT2D eigenvalue weighted by atomic mass is 35.5. The summed E-state index contributed by atoms with van der Waals surface area (Å²) in [5.41, 5.74) is 1.11. The summed E-state index contributed by atoms with van der Waals surface area (Å²) in [6.45, 7) is 6.20. The van der Waals surface area contributed by atoms with Crippen LogP contribution in [0.5, 0.6) is 0 Å². The van der Waals surface area contributed by atoms with Crippen molar-refractivity contribution in [3.8, 4) is 0 Å². The van der Waals surface area contributed by atoms with Crippen molar-refractivity contribution in [2.45, 2.75) is 38.3 Å². The van der Waals surface area contributed by atoms with Crippen molar-refractivity contribution in [2.24, 2.45) is 0 Å². The Morgan fingerprint density at radius 3 is 2.91 bits per heavy atom. The van der Waals surface area contributed by atoms with Crippen LogP contribution in [0.15, 0.2) is 24.3 Å². The van der Waals surface area contributed by atoms with Gasteiger partial charge in [0, 0.05) is 43.3 Å². The Labute approximate surface area is 143 Å². The van der Waals surface area contributed by atoms with Gasteiger partial charge < -0.3 is 10.2 Å². The maximum Gasteiger partial charge on any atom is 0.237 e. The van der Waals surface area contributed by atoms with Crippen molar-refractivity contribution >= 4 is 17.5 Å². The van der Waals surface area contributed by atoms with Crippen LogP contribution in [0, 0.1) is 0 Å². The standard InChI is InChI=1S/C18H26ClN3O/c1-14-6-4-5-10-22(14)18(23)13-21-11-9-20-12-17(21)15-7-2-3-8-16(15)19/h2-3,7-8,14,17,20H,4-6,9-13H2,1H3. The lowest BCUT2D eigenvalue weighted by atomic mass is 10.0. The van der Waals surface area contributed by atoms with Gasteiger partial charge in [0.1, 0.15) is 0 Å². The van der Waals surface area contributed by atoms with Gasteiger partial charge in [0.05, 0.1) is 6.54 Å². The molecule has 5 heteroatoms. The van der Waals surface area contributed by atoms with E-state index >= 15 is 0 Å². The fourth-order valence-electron chi connectivity index (χ4n) is 3.72. The molecule has 2 aliphatic heterocycles. The summed E-state index contributed by atoms with van der Waals surface area (Å²) in [7, 11) is 0. The first kappa shape index (κ1) is 16.7. The second-order valence-electron chi connectivity index (χ2n) is 6.64. The quantitative estimate of drug-likeness (QED) is 0.922. The van der Waals surface area contributed by atoms with Gasteiger partial charge in [-0.3, -0.25) is 9.69 Å². The maximum absolute atomic E-state index is 12.8. The third-order valence-corrected chi connectivity index (χ3v) is 5.42. The summed E-state index contributed by atoms with van der Waals surface area (Å²) < 4.78 is 0. The molecular weight excluding hydrogens is 310 g/mol. The highest BCUT2D eigenvalue weighted by Crippen LogP contribution is 2.28. The van der Waals surface area contributed by atoms with Crippen molar-refractivity contribution < 1.29 is 4.79 Å².